The second-order valence-electron chi connectivity index (χ2n) is 2.42. The number of rotatable bonds is 1. The number of likely N-dealkylation sites (N-methyl/N-ethyl adjacent to an activating group) is 1. The van der Waals surface area contributed by atoms with Gasteiger partial charge in [-0.3, -0.25) is 4.79 Å². The van der Waals surface area contributed by atoms with Crippen molar-refractivity contribution in [1.29, 1.82) is 0 Å². The molecule has 0 spiro atoms. The average Bonchev–Trinajstić information content (AvgIpc) is 1.86. The third kappa shape index (κ3) is 1.74. The molecule has 3 heteroatoms. The second-order valence-corrected chi connectivity index (χ2v) is 2.42. The Morgan fingerprint density at radius 2 is 2.10 bits per heavy atom. The summed E-state index contributed by atoms with van der Waals surface area (Å²) in [5, 5.41) is 9.13. The van der Waals surface area contributed by atoms with Crippen molar-refractivity contribution < 1.29 is 9.90 Å². The van der Waals surface area contributed by atoms with E-state index in [1.165, 1.54) is 25.9 Å². The van der Waals surface area contributed by atoms with E-state index in [0.29, 0.717) is 0 Å². The van der Waals surface area contributed by atoms with Crippen LogP contribution < -0.4 is 0 Å². The number of terminal acetylenes is 1. The summed E-state index contributed by atoms with van der Waals surface area (Å²) in [6.07, 6.45) is 4.90. The van der Waals surface area contributed by atoms with Crippen LogP contribution in [0.1, 0.15) is 6.92 Å². The Morgan fingerprint density at radius 1 is 1.70 bits per heavy atom. The highest BCUT2D eigenvalue weighted by Crippen LogP contribution is 2.03. The normalized spacial score (nSPS) is 15.1. The van der Waals surface area contributed by atoms with Crippen LogP contribution in [0, 0.1) is 12.3 Å². The molecule has 0 aliphatic heterocycles. The van der Waals surface area contributed by atoms with Crippen molar-refractivity contribution in [2.75, 3.05) is 14.1 Å². The number of carbonyl (C=O) groups excluding carboxylic acids is 1. The molecule has 0 aromatic rings. The van der Waals surface area contributed by atoms with Crippen molar-refractivity contribution in [2.24, 2.45) is 0 Å². The predicted octanol–water partition coefficient (Wildman–Crippen LogP) is -0.541. The molecule has 3 nitrogen and oxygen atoms in total. The first-order valence-corrected chi connectivity index (χ1v) is 2.83. The van der Waals surface area contributed by atoms with Gasteiger partial charge in [0.2, 0.25) is 5.60 Å². The largest absolute Gasteiger partial charge is 0.370 e. The summed E-state index contributed by atoms with van der Waals surface area (Å²) in [7, 11) is 3.07. The molecule has 1 unspecified atom stereocenters. The van der Waals surface area contributed by atoms with E-state index in [4.69, 9.17) is 11.5 Å². The van der Waals surface area contributed by atoms with E-state index in [1.807, 2.05) is 5.92 Å². The van der Waals surface area contributed by atoms with Gasteiger partial charge in [-0.05, 0) is 6.92 Å². The Bertz CT molecular complexity index is 177. The lowest BCUT2D eigenvalue weighted by molar-refractivity contribution is -0.141. The third-order valence-corrected chi connectivity index (χ3v) is 1.10. The average molecular weight is 141 g/mol. The number of nitrogens with zero attached hydrogens (tertiary/aromatic N) is 1. The van der Waals surface area contributed by atoms with Gasteiger partial charge in [-0.25, -0.2) is 0 Å². The fourth-order valence-electron chi connectivity index (χ4n) is 0.497. The van der Waals surface area contributed by atoms with Gasteiger partial charge in [-0.1, -0.05) is 5.92 Å². The predicted molar refractivity (Wildman–Crippen MR) is 38.2 cm³/mol. The third-order valence-electron chi connectivity index (χ3n) is 1.10. The van der Waals surface area contributed by atoms with Gasteiger partial charge < -0.3 is 10.0 Å². The maximum Gasteiger partial charge on any atom is 0.266 e. The molecule has 0 aromatic heterocycles. The minimum absolute atomic E-state index is 0.477. The quantitative estimate of drug-likeness (QED) is 0.498. The molecular weight excluding hydrogens is 130 g/mol. The molecule has 0 aliphatic carbocycles. The van der Waals surface area contributed by atoms with Crippen LogP contribution in [0.4, 0.5) is 0 Å². The smallest absolute Gasteiger partial charge is 0.266 e. The molecule has 0 heterocycles. The number of hydrogen-bond donors (Lipinski definition) is 1. The molecule has 0 fully saturated rings. The molecule has 1 N–H and O–H groups in total. The van der Waals surface area contributed by atoms with Gasteiger partial charge in [0.25, 0.3) is 5.91 Å². The molecule has 0 radical (unpaired) electrons. The van der Waals surface area contributed by atoms with Crippen LogP contribution in [0.15, 0.2) is 0 Å². The topological polar surface area (TPSA) is 40.5 Å². The molecular formula is C7H11NO2. The van der Waals surface area contributed by atoms with Gasteiger partial charge in [0, 0.05) is 14.1 Å². The van der Waals surface area contributed by atoms with Crippen molar-refractivity contribution in [3.05, 3.63) is 0 Å². The first-order valence-electron chi connectivity index (χ1n) is 2.83. The maximum atomic E-state index is 10.9. The van der Waals surface area contributed by atoms with Crippen LogP contribution in [0.25, 0.3) is 0 Å². The first-order chi connectivity index (χ1) is 4.41. The summed E-state index contributed by atoms with van der Waals surface area (Å²) in [4.78, 5) is 12.2. The van der Waals surface area contributed by atoms with Crippen molar-refractivity contribution in [1.82, 2.24) is 4.90 Å². The fraction of sp³-hybridized carbons (Fsp3) is 0.571. The number of aliphatic hydroxyl groups is 1. The van der Waals surface area contributed by atoms with Gasteiger partial charge in [0.05, 0.1) is 0 Å². The summed E-state index contributed by atoms with van der Waals surface area (Å²) in [5.41, 5.74) is -1.66. The summed E-state index contributed by atoms with van der Waals surface area (Å²) < 4.78 is 0. The molecule has 0 saturated heterocycles. The van der Waals surface area contributed by atoms with Gasteiger partial charge in [-0.2, -0.15) is 0 Å². The summed E-state index contributed by atoms with van der Waals surface area (Å²) in [6, 6.07) is 0. The molecule has 1 amide bonds. The highest BCUT2D eigenvalue weighted by Gasteiger charge is 2.28. The highest BCUT2D eigenvalue weighted by molar-refractivity contribution is 5.87. The Balaban J connectivity index is 4.38. The van der Waals surface area contributed by atoms with E-state index in [0.717, 1.165) is 0 Å². The fourth-order valence-corrected chi connectivity index (χ4v) is 0.497. The Labute approximate surface area is 60.6 Å². The first kappa shape index (κ1) is 8.99. The minimum Gasteiger partial charge on any atom is -0.370 e. The van der Waals surface area contributed by atoms with E-state index in [2.05, 4.69) is 0 Å². The lowest BCUT2D eigenvalue weighted by Gasteiger charge is -2.19. The minimum atomic E-state index is -1.66. The zero-order valence-corrected chi connectivity index (χ0v) is 6.38. The van der Waals surface area contributed by atoms with E-state index < -0.39 is 11.5 Å². The van der Waals surface area contributed by atoms with Crippen LogP contribution >= 0.6 is 0 Å². The van der Waals surface area contributed by atoms with Crippen molar-refractivity contribution in [3.8, 4) is 12.3 Å². The second kappa shape index (κ2) is 2.72. The lowest BCUT2D eigenvalue weighted by atomic mass is 10.1. The van der Waals surface area contributed by atoms with Crippen molar-refractivity contribution >= 4 is 5.91 Å². The van der Waals surface area contributed by atoms with Gasteiger partial charge in [-0.15, -0.1) is 6.42 Å². The standard InChI is InChI=1S/C7H11NO2/c1-5-7(2,10)6(9)8(3)4/h1,10H,2-4H3. The zero-order valence-electron chi connectivity index (χ0n) is 6.38. The molecule has 0 rings (SSSR count). The molecule has 0 aromatic carbocycles. The van der Waals surface area contributed by atoms with Gasteiger partial charge in [0.15, 0.2) is 0 Å². The number of hydrogen-bond acceptors (Lipinski definition) is 2. The molecule has 0 bridgehead atoms. The van der Waals surface area contributed by atoms with E-state index in [-0.39, 0.29) is 0 Å². The summed E-state index contributed by atoms with van der Waals surface area (Å²) in [6.45, 7) is 1.29. The lowest BCUT2D eigenvalue weighted by Crippen LogP contribution is -2.42. The van der Waals surface area contributed by atoms with Crippen LogP contribution in [0.5, 0.6) is 0 Å². The molecule has 1 atom stereocenters. The Morgan fingerprint density at radius 3 is 2.20 bits per heavy atom. The van der Waals surface area contributed by atoms with Crippen LogP contribution in [-0.2, 0) is 4.79 Å². The van der Waals surface area contributed by atoms with Crippen molar-refractivity contribution in [2.45, 2.75) is 12.5 Å². The SMILES string of the molecule is C#CC(C)(O)C(=O)N(C)C. The van der Waals surface area contributed by atoms with E-state index in [9.17, 15) is 4.79 Å². The molecule has 56 valence electrons. The van der Waals surface area contributed by atoms with Gasteiger partial charge >= 0.3 is 0 Å². The zero-order chi connectivity index (χ0) is 8.36. The van der Waals surface area contributed by atoms with Crippen LogP contribution in [0.2, 0.25) is 0 Å². The molecule has 0 saturated carbocycles. The Kier molecular flexibility index (Phi) is 2.44. The van der Waals surface area contributed by atoms with E-state index in [1.54, 1.807) is 0 Å². The molecule has 0 aliphatic rings. The summed E-state index contributed by atoms with van der Waals surface area (Å²) in [5.74, 6) is 1.51. The van der Waals surface area contributed by atoms with Gasteiger partial charge in [0.1, 0.15) is 0 Å². The number of amides is 1. The summed E-state index contributed by atoms with van der Waals surface area (Å²) >= 11 is 0. The van der Waals surface area contributed by atoms with E-state index >= 15 is 0 Å². The maximum absolute atomic E-state index is 10.9. The van der Waals surface area contributed by atoms with Crippen LogP contribution in [-0.4, -0.2) is 35.6 Å². The monoisotopic (exact) mass is 141 g/mol. The van der Waals surface area contributed by atoms with Crippen LogP contribution in [0.3, 0.4) is 0 Å². The Hall–Kier alpha value is -1.01. The number of carbonyl (C=O) groups is 1. The molecule has 10 heavy (non-hydrogen) atoms. The highest BCUT2D eigenvalue weighted by atomic mass is 16.3. The van der Waals surface area contributed by atoms with Crippen molar-refractivity contribution in [3.63, 3.8) is 0 Å².